The van der Waals surface area contributed by atoms with E-state index in [1.807, 2.05) is 6.07 Å². The van der Waals surface area contributed by atoms with Crippen molar-refractivity contribution in [2.24, 2.45) is 0 Å². The number of rotatable bonds is 2. The van der Waals surface area contributed by atoms with Gasteiger partial charge >= 0.3 is 0 Å². The molecule has 0 saturated heterocycles. The van der Waals surface area contributed by atoms with Gasteiger partial charge in [0.05, 0.1) is 0 Å². The lowest BCUT2D eigenvalue weighted by atomic mass is 9.69. The number of fused-ring (bicyclic) bond motifs is 4. The minimum Gasteiger partial charge on any atom is -0.507 e. The summed E-state index contributed by atoms with van der Waals surface area (Å²) in [5.74, 6) is 1.66. The van der Waals surface area contributed by atoms with E-state index >= 15 is 0 Å². The molecular weight excluding hydrogens is 260 g/mol. The van der Waals surface area contributed by atoms with E-state index in [2.05, 4.69) is 33.8 Å². The Morgan fingerprint density at radius 2 is 2.14 bits per heavy atom. The highest BCUT2D eigenvalue weighted by Gasteiger charge is 2.44. The number of aromatic hydroxyl groups is 1. The number of hydrogen-bond donors (Lipinski definition) is 1. The summed E-state index contributed by atoms with van der Waals surface area (Å²) < 4.78 is 6.30. The van der Waals surface area contributed by atoms with Crippen LogP contribution in [0.3, 0.4) is 0 Å². The van der Waals surface area contributed by atoms with Crippen molar-refractivity contribution < 1.29 is 9.84 Å². The van der Waals surface area contributed by atoms with E-state index < -0.39 is 0 Å². The summed E-state index contributed by atoms with van der Waals surface area (Å²) in [5.41, 5.74) is 5.01. The van der Waals surface area contributed by atoms with Gasteiger partial charge in [0.15, 0.2) is 0 Å². The first kappa shape index (κ1) is 14.5. The lowest BCUT2D eigenvalue weighted by Gasteiger charge is -2.46. The summed E-state index contributed by atoms with van der Waals surface area (Å²) in [6.45, 7) is 8.76. The molecule has 3 rings (SSSR count). The van der Waals surface area contributed by atoms with E-state index in [0.29, 0.717) is 11.7 Å². The Bertz CT molecular complexity index is 596. The number of phenols is 1. The molecule has 1 aromatic carbocycles. The van der Waals surface area contributed by atoms with Gasteiger partial charge in [0.25, 0.3) is 0 Å². The Morgan fingerprint density at radius 1 is 1.38 bits per heavy atom. The van der Waals surface area contributed by atoms with Gasteiger partial charge in [0.1, 0.15) is 17.1 Å². The minimum atomic E-state index is -0.0755. The molecule has 21 heavy (non-hydrogen) atoms. The first-order valence-electron chi connectivity index (χ1n) is 8.14. The summed E-state index contributed by atoms with van der Waals surface area (Å²) in [5, 5.41) is 10.6. The topological polar surface area (TPSA) is 29.5 Å². The van der Waals surface area contributed by atoms with Crippen molar-refractivity contribution in [3.8, 4) is 11.5 Å². The van der Waals surface area contributed by atoms with Crippen LogP contribution in [0.15, 0.2) is 23.3 Å². The molecule has 0 aromatic heterocycles. The van der Waals surface area contributed by atoms with Gasteiger partial charge in [-0.1, -0.05) is 24.5 Å². The standard InChI is InChI=1S/C19H26O2/c1-5-6-13-9-16(20)18-15-11-19(4,21-17(18)10-13)8-7-14(15)12(2)3/h9-10,15,20H,5-8,11H2,1-4H3/t15?,19-/m1/s1. The van der Waals surface area contributed by atoms with Crippen LogP contribution in [-0.4, -0.2) is 10.7 Å². The summed E-state index contributed by atoms with van der Waals surface area (Å²) >= 11 is 0. The molecule has 0 amide bonds. The van der Waals surface area contributed by atoms with Gasteiger partial charge < -0.3 is 9.84 Å². The Hall–Kier alpha value is -1.44. The second-order valence-electron chi connectivity index (χ2n) is 7.11. The van der Waals surface area contributed by atoms with E-state index in [-0.39, 0.29) is 5.60 Å². The fourth-order valence-electron chi connectivity index (χ4n) is 4.00. The minimum absolute atomic E-state index is 0.0755. The maximum atomic E-state index is 10.6. The summed E-state index contributed by atoms with van der Waals surface area (Å²) in [6.07, 6.45) is 5.21. The number of phenolic OH excluding ortho intramolecular Hbond substituents is 1. The largest absolute Gasteiger partial charge is 0.507 e. The van der Waals surface area contributed by atoms with Crippen LogP contribution in [0.4, 0.5) is 0 Å². The molecule has 1 unspecified atom stereocenters. The van der Waals surface area contributed by atoms with Crippen molar-refractivity contribution in [2.45, 2.75) is 71.3 Å². The quantitative estimate of drug-likeness (QED) is 0.766. The lowest BCUT2D eigenvalue weighted by molar-refractivity contribution is 0.0346. The molecule has 1 N–H and O–H groups in total. The van der Waals surface area contributed by atoms with Crippen LogP contribution in [0.2, 0.25) is 0 Å². The summed E-state index contributed by atoms with van der Waals surface area (Å²) in [6, 6.07) is 4.09. The molecule has 0 spiro atoms. The van der Waals surface area contributed by atoms with Crippen LogP contribution in [-0.2, 0) is 6.42 Å². The van der Waals surface area contributed by atoms with Crippen molar-refractivity contribution in [2.75, 3.05) is 0 Å². The Morgan fingerprint density at radius 3 is 2.81 bits per heavy atom. The van der Waals surface area contributed by atoms with Crippen molar-refractivity contribution >= 4 is 0 Å². The van der Waals surface area contributed by atoms with E-state index in [1.54, 1.807) is 0 Å². The second-order valence-corrected chi connectivity index (χ2v) is 7.11. The fraction of sp³-hybridized carbons (Fsp3) is 0.579. The van der Waals surface area contributed by atoms with E-state index in [0.717, 1.165) is 43.4 Å². The van der Waals surface area contributed by atoms with Crippen molar-refractivity contribution in [3.63, 3.8) is 0 Å². The van der Waals surface area contributed by atoms with Gasteiger partial charge in [0, 0.05) is 11.5 Å². The predicted octanol–water partition coefficient (Wildman–Crippen LogP) is 5.10. The van der Waals surface area contributed by atoms with Crippen molar-refractivity contribution in [3.05, 3.63) is 34.4 Å². The first-order chi connectivity index (χ1) is 9.93. The molecule has 2 nitrogen and oxygen atoms in total. The SMILES string of the molecule is CCCc1cc(O)c2c(c1)O[C@]1(C)CCC(=C(C)C)C2C1. The van der Waals surface area contributed by atoms with Crippen LogP contribution in [0.1, 0.15) is 70.4 Å². The van der Waals surface area contributed by atoms with Crippen LogP contribution in [0.5, 0.6) is 11.5 Å². The Kier molecular flexibility index (Phi) is 3.51. The number of ether oxygens (including phenoxy) is 1. The Labute approximate surface area is 127 Å². The zero-order valence-electron chi connectivity index (χ0n) is 13.6. The number of aryl methyl sites for hydroxylation is 1. The molecule has 114 valence electrons. The van der Waals surface area contributed by atoms with Gasteiger partial charge in [-0.25, -0.2) is 0 Å². The van der Waals surface area contributed by atoms with Gasteiger partial charge in [0.2, 0.25) is 0 Å². The molecule has 1 aromatic rings. The molecule has 2 aliphatic rings. The summed E-state index contributed by atoms with van der Waals surface area (Å²) in [4.78, 5) is 0. The van der Waals surface area contributed by atoms with E-state index in [9.17, 15) is 5.11 Å². The highest BCUT2D eigenvalue weighted by atomic mass is 16.5. The highest BCUT2D eigenvalue weighted by Crippen LogP contribution is 2.54. The third-order valence-corrected chi connectivity index (χ3v) is 5.05. The van der Waals surface area contributed by atoms with Crippen molar-refractivity contribution in [1.82, 2.24) is 0 Å². The van der Waals surface area contributed by atoms with E-state index in [4.69, 9.17) is 4.74 Å². The molecule has 2 heteroatoms. The van der Waals surface area contributed by atoms with Gasteiger partial charge in [-0.2, -0.15) is 0 Å². The third kappa shape index (κ3) is 2.45. The van der Waals surface area contributed by atoms with E-state index in [1.165, 1.54) is 16.7 Å². The van der Waals surface area contributed by atoms with Crippen LogP contribution < -0.4 is 4.74 Å². The smallest absolute Gasteiger partial charge is 0.127 e. The average Bonchev–Trinajstić information content (AvgIpc) is 2.37. The molecule has 1 fully saturated rings. The normalized spacial score (nSPS) is 27.0. The number of benzene rings is 1. The lowest BCUT2D eigenvalue weighted by Crippen LogP contribution is -2.42. The zero-order chi connectivity index (χ0) is 15.2. The highest BCUT2D eigenvalue weighted by molar-refractivity contribution is 5.55. The molecule has 1 saturated carbocycles. The Balaban J connectivity index is 2.14. The third-order valence-electron chi connectivity index (χ3n) is 5.05. The number of allylic oxidation sites excluding steroid dienone is 2. The van der Waals surface area contributed by atoms with Crippen LogP contribution in [0, 0.1) is 0 Å². The molecule has 1 aliphatic carbocycles. The monoisotopic (exact) mass is 286 g/mol. The average molecular weight is 286 g/mol. The predicted molar refractivity (Wildman–Crippen MR) is 86.1 cm³/mol. The maximum Gasteiger partial charge on any atom is 0.127 e. The molecule has 2 bridgehead atoms. The molecule has 2 atom stereocenters. The molecule has 1 aliphatic heterocycles. The second kappa shape index (κ2) is 5.08. The summed E-state index contributed by atoms with van der Waals surface area (Å²) in [7, 11) is 0. The molecule has 1 heterocycles. The van der Waals surface area contributed by atoms with Gasteiger partial charge in [-0.15, -0.1) is 0 Å². The van der Waals surface area contributed by atoms with Crippen molar-refractivity contribution in [1.29, 1.82) is 0 Å². The number of hydrogen-bond acceptors (Lipinski definition) is 2. The fourth-order valence-corrected chi connectivity index (χ4v) is 4.00. The first-order valence-corrected chi connectivity index (χ1v) is 8.14. The molecule has 0 radical (unpaired) electrons. The van der Waals surface area contributed by atoms with Gasteiger partial charge in [-0.3, -0.25) is 0 Å². The maximum absolute atomic E-state index is 10.6. The van der Waals surface area contributed by atoms with Gasteiger partial charge in [-0.05, 0) is 64.2 Å². The zero-order valence-corrected chi connectivity index (χ0v) is 13.6. The van der Waals surface area contributed by atoms with Crippen LogP contribution >= 0.6 is 0 Å². The van der Waals surface area contributed by atoms with Crippen LogP contribution in [0.25, 0.3) is 0 Å². The molecular formula is C19H26O2.